The van der Waals surface area contributed by atoms with Gasteiger partial charge in [-0.2, -0.15) is 10.2 Å². The second-order valence-corrected chi connectivity index (χ2v) is 5.11. The summed E-state index contributed by atoms with van der Waals surface area (Å²) in [5, 5.41) is 14.1. The highest BCUT2D eigenvalue weighted by atomic mass is 16.1. The molecule has 0 spiro atoms. The Morgan fingerprint density at radius 1 is 1.38 bits per heavy atom. The van der Waals surface area contributed by atoms with E-state index in [9.17, 15) is 4.79 Å². The molecule has 0 unspecified atom stereocenters. The van der Waals surface area contributed by atoms with E-state index in [0.29, 0.717) is 12.2 Å². The third kappa shape index (κ3) is 1.97. The molecule has 1 amide bonds. The SMILES string of the molecule is O=C(NCc1cccc2ncnn12)c1n[nH]c2c1CCC2. The Morgan fingerprint density at radius 2 is 2.33 bits per heavy atom. The van der Waals surface area contributed by atoms with Crippen LogP contribution in [-0.2, 0) is 19.4 Å². The maximum absolute atomic E-state index is 12.3. The summed E-state index contributed by atoms with van der Waals surface area (Å²) < 4.78 is 1.72. The van der Waals surface area contributed by atoms with Gasteiger partial charge in [0.05, 0.1) is 12.2 Å². The van der Waals surface area contributed by atoms with E-state index in [2.05, 4.69) is 25.6 Å². The molecule has 1 aliphatic rings. The van der Waals surface area contributed by atoms with Crippen molar-refractivity contribution in [2.45, 2.75) is 25.8 Å². The van der Waals surface area contributed by atoms with Crippen LogP contribution in [0.1, 0.15) is 33.9 Å². The van der Waals surface area contributed by atoms with Crippen LogP contribution in [-0.4, -0.2) is 30.7 Å². The molecule has 3 heterocycles. The van der Waals surface area contributed by atoms with Crippen molar-refractivity contribution in [3.05, 3.63) is 47.2 Å². The lowest BCUT2D eigenvalue weighted by Crippen LogP contribution is -2.25. The molecule has 0 aromatic carbocycles. The van der Waals surface area contributed by atoms with Gasteiger partial charge in [0.2, 0.25) is 0 Å². The van der Waals surface area contributed by atoms with Crippen LogP contribution >= 0.6 is 0 Å². The lowest BCUT2D eigenvalue weighted by molar-refractivity contribution is 0.0944. The van der Waals surface area contributed by atoms with E-state index in [-0.39, 0.29) is 5.91 Å². The fourth-order valence-corrected chi connectivity index (χ4v) is 2.80. The zero-order chi connectivity index (χ0) is 14.2. The van der Waals surface area contributed by atoms with Crippen molar-refractivity contribution in [1.82, 2.24) is 30.1 Å². The molecular weight excluding hydrogens is 268 g/mol. The van der Waals surface area contributed by atoms with Gasteiger partial charge >= 0.3 is 0 Å². The molecule has 2 N–H and O–H groups in total. The molecular formula is C14H14N6O. The normalized spacial score (nSPS) is 13.5. The molecule has 0 bridgehead atoms. The average Bonchev–Trinajstić information content (AvgIpc) is 3.19. The Morgan fingerprint density at radius 3 is 3.29 bits per heavy atom. The number of pyridine rings is 1. The zero-order valence-electron chi connectivity index (χ0n) is 11.3. The van der Waals surface area contributed by atoms with Crippen molar-refractivity contribution in [1.29, 1.82) is 0 Å². The first kappa shape index (κ1) is 12.1. The van der Waals surface area contributed by atoms with E-state index in [1.54, 1.807) is 4.52 Å². The van der Waals surface area contributed by atoms with E-state index < -0.39 is 0 Å². The van der Waals surface area contributed by atoms with Crippen LogP contribution in [0.4, 0.5) is 0 Å². The predicted octanol–water partition coefficient (Wildman–Crippen LogP) is 0.871. The quantitative estimate of drug-likeness (QED) is 0.746. The summed E-state index contributed by atoms with van der Waals surface area (Å²) in [6, 6.07) is 5.69. The zero-order valence-corrected chi connectivity index (χ0v) is 11.3. The number of amides is 1. The smallest absolute Gasteiger partial charge is 0.272 e. The summed E-state index contributed by atoms with van der Waals surface area (Å²) in [4.78, 5) is 16.4. The third-order valence-corrected chi connectivity index (χ3v) is 3.83. The number of hydrogen-bond donors (Lipinski definition) is 2. The molecule has 0 atom stereocenters. The average molecular weight is 282 g/mol. The van der Waals surface area contributed by atoms with Gasteiger partial charge in [0.25, 0.3) is 5.91 Å². The van der Waals surface area contributed by atoms with Crippen LogP contribution < -0.4 is 5.32 Å². The molecule has 4 rings (SSSR count). The molecule has 1 aliphatic carbocycles. The van der Waals surface area contributed by atoms with Crippen LogP contribution in [0.25, 0.3) is 5.65 Å². The predicted molar refractivity (Wildman–Crippen MR) is 74.8 cm³/mol. The summed E-state index contributed by atoms with van der Waals surface area (Å²) in [5.41, 5.74) is 4.33. The van der Waals surface area contributed by atoms with Gasteiger partial charge in [-0.25, -0.2) is 9.50 Å². The largest absolute Gasteiger partial charge is 0.345 e. The highest BCUT2D eigenvalue weighted by molar-refractivity contribution is 5.94. The molecule has 0 radical (unpaired) electrons. The number of hydrogen-bond acceptors (Lipinski definition) is 4. The molecule has 7 nitrogen and oxygen atoms in total. The number of rotatable bonds is 3. The van der Waals surface area contributed by atoms with Gasteiger partial charge in [-0.1, -0.05) is 6.07 Å². The minimum absolute atomic E-state index is 0.147. The molecule has 0 saturated heterocycles. The van der Waals surface area contributed by atoms with Crippen molar-refractivity contribution in [3.63, 3.8) is 0 Å². The fourth-order valence-electron chi connectivity index (χ4n) is 2.80. The second-order valence-electron chi connectivity index (χ2n) is 5.11. The first-order chi connectivity index (χ1) is 10.3. The van der Waals surface area contributed by atoms with Crippen LogP contribution in [0.5, 0.6) is 0 Å². The first-order valence-electron chi connectivity index (χ1n) is 6.95. The number of nitrogens with one attached hydrogen (secondary N) is 2. The van der Waals surface area contributed by atoms with E-state index in [0.717, 1.165) is 41.9 Å². The van der Waals surface area contributed by atoms with Gasteiger partial charge in [-0.05, 0) is 31.4 Å². The molecule has 7 heteroatoms. The standard InChI is InChI=1S/C14H14N6O/c21-14(13-10-4-2-5-11(10)18-19-13)15-7-9-3-1-6-12-16-8-17-20(9)12/h1,3,6,8H,2,4-5,7H2,(H,15,21)(H,18,19). The Kier molecular flexibility index (Phi) is 2.70. The molecule has 0 fully saturated rings. The molecule has 3 aromatic heterocycles. The molecule has 21 heavy (non-hydrogen) atoms. The van der Waals surface area contributed by atoms with Gasteiger partial charge in [0, 0.05) is 11.3 Å². The van der Waals surface area contributed by atoms with Crippen LogP contribution in [0.3, 0.4) is 0 Å². The van der Waals surface area contributed by atoms with E-state index in [1.807, 2.05) is 18.2 Å². The summed E-state index contributed by atoms with van der Waals surface area (Å²) in [6.07, 6.45) is 4.49. The van der Waals surface area contributed by atoms with Gasteiger partial charge in [-0.3, -0.25) is 9.89 Å². The number of fused-ring (bicyclic) bond motifs is 2. The van der Waals surface area contributed by atoms with Crippen molar-refractivity contribution in [2.24, 2.45) is 0 Å². The maximum atomic E-state index is 12.3. The summed E-state index contributed by atoms with van der Waals surface area (Å²) in [7, 11) is 0. The minimum Gasteiger partial charge on any atom is -0.345 e. The monoisotopic (exact) mass is 282 g/mol. The molecule has 0 aliphatic heterocycles. The van der Waals surface area contributed by atoms with Crippen molar-refractivity contribution >= 4 is 11.6 Å². The van der Waals surface area contributed by atoms with Crippen LogP contribution in [0.2, 0.25) is 0 Å². The Balaban J connectivity index is 1.54. The number of aromatic nitrogens is 5. The second kappa shape index (κ2) is 4.69. The summed E-state index contributed by atoms with van der Waals surface area (Å²) in [5.74, 6) is -0.147. The number of nitrogens with zero attached hydrogens (tertiary/aromatic N) is 4. The van der Waals surface area contributed by atoms with E-state index in [4.69, 9.17) is 0 Å². The van der Waals surface area contributed by atoms with Crippen molar-refractivity contribution < 1.29 is 4.79 Å². The van der Waals surface area contributed by atoms with Crippen LogP contribution in [0, 0.1) is 0 Å². The number of carbonyl (C=O) groups excluding carboxylic acids is 1. The van der Waals surface area contributed by atoms with Crippen molar-refractivity contribution in [2.75, 3.05) is 0 Å². The molecule has 106 valence electrons. The summed E-state index contributed by atoms with van der Waals surface area (Å²) >= 11 is 0. The third-order valence-electron chi connectivity index (χ3n) is 3.83. The first-order valence-corrected chi connectivity index (χ1v) is 6.95. The van der Waals surface area contributed by atoms with Crippen LogP contribution in [0.15, 0.2) is 24.5 Å². The topological polar surface area (TPSA) is 88.0 Å². The number of aromatic amines is 1. The van der Waals surface area contributed by atoms with E-state index in [1.165, 1.54) is 6.33 Å². The lowest BCUT2D eigenvalue weighted by Gasteiger charge is -2.06. The Hall–Kier alpha value is -2.70. The molecule has 0 saturated carbocycles. The van der Waals surface area contributed by atoms with E-state index >= 15 is 0 Å². The van der Waals surface area contributed by atoms with Gasteiger partial charge < -0.3 is 5.32 Å². The summed E-state index contributed by atoms with van der Waals surface area (Å²) in [6.45, 7) is 0.390. The number of aryl methyl sites for hydroxylation is 1. The fraction of sp³-hybridized carbons (Fsp3) is 0.286. The minimum atomic E-state index is -0.147. The van der Waals surface area contributed by atoms with Gasteiger partial charge in [-0.15, -0.1) is 0 Å². The van der Waals surface area contributed by atoms with Crippen molar-refractivity contribution in [3.8, 4) is 0 Å². The Labute approximate surface area is 120 Å². The highest BCUT2D eigenvalue weighted by Gasteiger charge is 2.22. The highest BCUT2D eigenvalue weighted by Crippen LogP contribution is 2.22. The van der Waals surface area contributed by atoms with Gasteiger partial charge in [0.1, 0.15) is 6.33 Å². The maximum Gasteiger partial charge on any atom is 0.272 e. The molecule has 3 aromatic rings. The van der Waals surface area contributed by atoms with Gasteiger partial charge in [0.15, 0.2) is 11.3 Å². The Bertz CT molecular complexity index is 818. The lowest BCUT2D eigenvalue weighted by atomic mass is 10.2. The number of carbonyl (C=O) groups is 1. The number of H-pyrrole nitrogens is 1.